The lowest BCUT2D eigenvalue weighted by Crippen LogP contribution is -2.49. The Hall–Kier alpha value is -2.70. The molecule has 4 rings (SSSR count). The second-order valence-corrected chi connectivity index (χ2v) is 8.25. The van der Waals surface area contributed by atoms with Crippen LogP contribution in [-0.4, -0.2) is 35.9 Å². The van der Waals surface area contributed by atoms with Gasteiger partial charge in [-0.05, 0) is 48.5 Å². The van der Waals surface area contributed by atoms with Crippen molar-refractivity contribution < 1.29 is 18.7 Å². The van der Waals surface area contributed by atoms with Gasteiger partial charge in [-0.3, -0.25) is 9.59 Å². The predicted molar refractivity (Wildman–Crippen MR) is 115 cm³/mol. The van der Waals surface area contributed by atoms with Crippen LogP contribution in [0, 0.1) is 5.92 Å². The van der Waals surface area contributed by atoms with Crippen molar-refractivity contribution in [2.45, 2.75) is 18.9 Å². The number of nitrogens with zero attached hydrogens (tertiary/aromatic N) is 1. The van der Waals surface area contributed by atoms with Crippen molar-refractivity contribution in [2.75, 3.05) is 13.1 Å². The molecule has 0 radical (unpaired) electrons. The molecule has 8 heteroatoms. The zero-order valence-electron chi connectivity index (χ0n) is 16.0. The molecule has 0 bridgehead atoms. The molecule has 1 fully saturated rings. The summed E-state index contributed by atoms with van der Waals surface area (Å²) < 4.78 is 11.8. The summed E-state index contributed by atoms with van der Waals surface area (Å²) >= 11 is 11.9. The van der Waals surface area contributed by atoms with Gasteiger partial charge in [0, 0.05) is 47.3 Å². The van der Waals surface area contributed by atoms with Crippen molar-refractivity contribution in [3.63, 3.8) is 0 Å². The van der Waals surface area contributed by atoms with E-state index in [9.17, 15) is 9.59 Å². The third-order valence-electron chi connectivity index (χ3n) is 5.21. The molecule has 2 atom stereocenters. The van der Waals surface area contributed by atoms with Crippen LogP contribution in [0.3, 0.4) is 0 Å². The molecule has 1 saturated heterocycles. The minimum atomic E-state index is -0.433. The molecule has 0 aliphatic carbocycles. The van der Waals surface area contributed by atoms with Gasteiger partial charge in [0.15, 0.2) is 5.76 Å². The van der Waals surface area contributed by atoms with Crippen LogP contribution in [0.2, 0.25) is 10.0 Å². The van der Waals surface area contributed by atoms with E-state index in [-0.39, 0.29) is 30.1 Å². The molecule has 30 heavy (non-hydrogen) atoms. The fraction of sp³-hybridized carbons (Fsp3) is 0.273. The van der Waals surface area contributed by atoms with Gasteiger partial charge in [-0.1, -0.05) is 23.2 Å². The number of ether oxygens (including phenoxy) is 1. The summed E-state index contributed by atoms with van der Waals surface area (Å²) in [6.45, 7) is 0.821. The lowest BCUT2D eigenvalue weighted by atomic mass is 9.91. The van der Waals surface area contributed by atoms with E-state index in [0.29, 0.717) is 40.9 Å². The van der Waals surface area contributed by atoms with E-state index in [4.69, 9.17) is 38.1 Å². The summed E-state index contributed by atoms with van der Waals surface area (Å²) in [5.74, 6) is 0.00351. The molecule has 1 aliphatic rings. The first-order valence-electron chi connectivity index (χ1n) is 9.58. The number of carbonyl (C=O) groups is 2. The van der Waals surface area contributed by atoms with E-state index >= 15 is 0 Å². The van der Waals surface area contributed by atoms with Gasteiger partial charge in [-0.25, -0.2) is 0 Å². The number of piperidine rings is 1. The van der Waals surface area contributed by atoms with Crippen LogP contribution in [0.5, 0.6) is 5.75 Å². The normalized spacial score (nSPS) is 19.1. The molecule has 2 amide bonds. The van der Waals surface area contributed by atoms with Crippen LogP contribution in [0.4, 0.5) is 0 Å². The number of benzene rings is 2. The fourth-order valence-corrected chi connectivity index (χ4v) is 4.07. The lowest BCUT2D eigenvalue weighted by Gasteiger charge is -2.37. The van der Waals surface area contributed by atoms with Crippen molar-refractivity contribution >= 4 is 46.0 Å². The molecule has 156 valence electrons. The molecule has 2 N–H and O–H groups in total. The zero-order chi connectivity index (χ0) is 21.3. The number of primary amides is 1. The highest BCUT2D eigenvalue weighted by Gasteiger charge is 2.35. The van der Waals surface area contributed by atoms with Gasteiger partial charge in [-0.15, -0.1) is 0 Å². The highest BCUT2D eigenvalue weighted by Crippen LogP contribution is 2.29. The quantitative estimate of drug-likeness (QED) is 0.623. The molecular formula is C22H20Cl2N2O4. The van der Waals surface area contributed by atoms with Crippen LogP contribution in [-0.2, 0) is 4.79 Å². The van der Waals surface area contributed by atoms with E-state index < -0.39 is 5.91 Å². The minimum Gasteiger partial charge on any atom is -0.490 e. The average molecular weight is 447 g/mol. The zero-order valence-corrected chi connectivity index (χ0v) is 17.5. The molecule has 6 nitrogen and oxygen atoms in total. The van der Waals surface area contributed by atoms with Crippen LogP contribution in [0.1, 0.15) is 23.4 Å². The van der Waals surface area contributed by atoms with Crippen LogP contribution < -0.4 is 10.5 Å². The fourth-order valence-electron chi connectivity index (χ4n) is 3.77. The third-order valence-corrected chi connectivity index (χ3v) is 5.69. The Kier molecular flexibility index (Phi) is 5.88. The van der Waals surface area contributed by atoms with Gasteiger partial charge in [0.05, 0.1) is 0 Å². The SMILES string of the molecule is NC(=O)C[C@H]1CN(C(=O)c2cc3cc(Cl)ccc3o2)CC[C@@H]1Oc1ccc(Cl)cc1. The molecule has 2 aromatic carbocycles. The topological polar surface area (TPSA) is 85.8 Å². The van der Waals surface area contributed by atoms with Gasteiger partial charge in [0.2, 0.25) is 5.91 Å². The van der Waals surface area contributed by atoms with E-state index in [1.54, 1.807) is 53.4 Å². The highest BCUT2D eigenvalue weighted by atomic mass is 35.5. The number of carbonyl (C=O) groups excluding carboxylic acids is 2. The molecule has 0 spiro atoms. The Morgan fingerprint density at radius 3 is 2.57 bits per heavy atom. The van der Waals surface area contributed by atoms with E-state index in [1.807, 2.05) is 0 Å². The molecule has 1 aliphatic heterocycles. The second kappa shape index (κ2) is 8.58. The maximum atomic E-state index is 13.0. The Morgan fingerprint density at radius 2 is 1.83 bits per heavy atom. The van der Waals surface area contributed by atoms with Crippen LogP contribution >= 0.6 is 23.2 Å². The first kappa shape index (κ1) is 20.6. The largest absolute Gasteiger partial charge is 0.490 e. The first-order valence-corrected chi connectivity index (χ1v) is 10.3. The average Bonchev–Trinajstić information content (AvgIpc) is 3.13. The monoisotopic (exact) mass is 446 g/mol. The number of amides is 2. The molecular weight excluding hydrogens is 427 g/mol. The van der Waals surface area contributed by atoms with Gasteiger partial charge in [0.25, 0.3) is 5.91 Å². The van der Waals surface area contributed by atoms with E-state index in [0.717, 1.165) is 5.39 Å². The Morgan fingerprint density at radius 1 is 1.10 bits per heavy atom. The van der Waals surface area contributed by atoms with Crippen molar-refractivity contribution in [3.05, 3.63) is 64.3 Å². The van der Waals surface area contributed by atoms with Crippen molar-refractivity contribution in [1.29, 1.82) is 0 Å². The Balaban J connectivity index is 1.50. The smallest absolute Gasteiger partial charge is 0.289 e. The highest BCUT2D eigenvalue weighted by molar-refractivity contribution is 6.31. The molecule has 0 saturated carbocycles. The van der Waals surface area contributed by atoms with Crippen molar-refractivity contribution in [2.24, 2.45) is 11.7 Å². The number of fused-ring (bicyclic) bond motifs is 1. The second-order valence-electron chi connectivity index (χ2n) is 7.37. The predicted octanol–water partition coefficient (Wildman–Crippen LogP) is 4.52. The minimum absolute atomic E-state index is 0.123. The van der Waals surface area contributed by atoms with Crippen molar-refractivity contribution in [3.8, 4) is 5.75 Å². The summed E-state index contributed by atoms with van der Waals surface area (Å²) in [7, 11) is 0. The van der Waals surface area contributed by atoms with Crippen LogP contribution in [0.25, 0.3) is 11.0 Å². The maximum Gasteiger partial charge on any atom is 0.289 e. The number of halogens is 2. The summed E-state index contributed by atoms with van der Waals surface area (Å²) in [5, 5.41) is 1.95. The molecule has 1 aromatic heterocycles. The molecule has 0 unspecified atom stereocenters. The maximum absolute atomic E-state index is 13.0. The molecule has 3 aromatic rings. The number of hydrogen-bond acceptors (Lipinski definition) is 4. The lowest BCUT2D eigenvalue weighted by molar-refractivity contribution is -0.120. The molecule has 2 heterocycles. The van der Waals surface area contributed by atoms with Gasteiger partial charge >= 0.3 is 0 Å². The number of likely N-dealkylation sites (tertiary alicyclic amines) is 1. The third kappa shape index (κ3) is 4.55. The van der Waals surface area contributed by atoms with E-state index in [1.165, 1.54) is 0 Å². The van der Waals surface area contributed by atoms with E-state index in [2.05, 4.69) is 0 Å². The Bertz CT molecular complexity index is 1080. The van der Waals surface area contributed by atoms with Crippen LogP contribution in [0.15, 0.2) is 52.9 Å². The number of furan rings is 1. The number of nitrogens with two attached hydrogens (primary N) is 1. The van der Waals surface area contributed by atoms with Crippen molar-refractivity contribution in [1.82, 2.24) is 4.90 Å². The first-order chi connectivity index (χ1) is 14.4. The summed E-state index contributed by atoms with van der Waals surface area (Å²) in [5.41, 5.74) is 6.04. The summed E-state index contributed by atoms with van der Waals surface area (Å²) in [6, 6.07) is 13.9. The Labute approximate surface area is 183 Å². The van der Waals surface area contributed by atoms with Gasteiger partial charge in [-0.2, -0.15) is 0 Å². The summed E-state index contributed by atoms with van der Waals surface area (Å²) in [4.78, 5) is 26.3. The summed E-state index contributed by atoms with van der Waals surface area (Å²) in [6.07, 6.45) is 0.452. The number of rotatable bonds is 5. The van der Waals surface area contributed by atoms with Gasteiger partial charge in [0.1, 0.15) is 17.4 Å². The van der Waals surface area contributed by atoms with Gasteiger partial charge < -0.3 is 19.8 Å². The standard InChI is InChI=1S/C22H20Cl2N2O4/c23-15-1-4-17(5-2-15)29-19-7-8-26(12-14(19)11-21(25)27)22(28)20-10-13-9-16(24)3-6-18(13)30-20/h1-6,9-10,14,19H,7-8,11-12H2,(H2,25,27)/t14-,19-/m0/s1. The number of hydrogen-bond donors (Lipinski definition) is 1.